The average Bonchev–Trinajstić information content (AvgIpc) is 2.95. The Morgan fingerprint density at radius 3 is 2.58 bits per heavy atom. The number of amides is 2. The van der Waals surface area contributed by atoms with Crippen molar-refractivity contribution in [1.82, 2.24) is 20.2 Å². The van der Waals surface area contributed by atoms with Crippen molar-refractivity contribution < 1.29 is 14.3 Å². The normalized spacial score (nSPS) is 11.9. The van der Waals surface area contributed by atoms with Gasteiger partial charge < -0.3 is 19.9 Å². The smallest absolute Gasteiger partial charge is 0.255 e. The van der Waals surface area contributed by atoms with Crippen LogP contribution in [0.1, 0.15) is 30.0 Å². The summed E-state index contributed by atoms with van der Waals surface area (Å²) in [4.78, 5) is 29.3. The molecule has 1 aromatic heterocycles. The van der Waals surface area contributed by atoms with Gasteiger partial charge in [0, 0.05) is 7.05 Å². The number of hydrogen-bond acceptors (Lipinski definition) is 4. The maximum absolute atomic E-state index is 12.6. The zero-order chi connectivity index (χ0) is 19.3. The van der Waals surface area contributed by atoms with E-state index < -0.39 is 6.04 Å². The third-order valence-corrected chi connectivity index (χ3v) is 4.39. The van der Waals surface area contributed by atoms with Gasteiger partial charge in [0.05, 0.1) is 25.4 Å². The lowest BCUT2D eigenvalue weighted by Gasteiger charge is -2.22. The molecule has 0 spiro atoms. The Balaban J connectivity index is 2.06. The van der Waals surface area contributed by atoms with Gasteiger partial charge in [-0.15, -0.1) is 0 Å². The molecular weight excluding hydrogens is 356 g/mol. The Morgan fingerprint density at radius 1 is 1.31 bits per heavy atom. The van der Waals surface area contributed by atoms with Crippen molar-refractivity contribution in [2.75, 3.05) is 7.11 Å². The second-order valence-electron chi connectivity index (χ2n) is 6.17. The van der Waals surface area contributed by atoms with E-state index in [1.54, 1.807) is 35.9 Å². The van der Waals surface area contributed by atoms with Crippen LogP contribution in [0.25, 0.3) is 0 Å². The van der Waals surface area contributed by atoms with Gasteiger partial charge in [-0.05, 0) is 18.1 Å². The van der Waals surface area contributed by atoms with E-state index >= 15 is 0 Å². The van der Waals surface area contributed by atoms with Crippen LogP contribution in [0, 0.1) is 5.92 Å². The highest BCUT2D eigenvalue weighted by atomic mass is 35.5. The summed E-state index contributed by atoms with van der Waals surface area (Å²) in [7, 11) is 3.26. The predicted molar refractivity (Wildman–Crippen MR) is 99.2 cm³/mol. The standard InChI is InChI=1S/C18H23ClN4O3/c1-11(2)16(18(25)21-10-15-20-9-14(19)23(15)3)22-17(24)12-7-5-6-8-13(12)26-4/h5-9,11,16H,10H2,1-4H3,(H,21,25)(H,22,24). The van der Waals surface area contributed by atoms with Crippen LogP contribution in [0.2, 0.25) is 5.15 Å². The number of aromatic nitrogens is 2. The lowest BCUT2D eigenvalue weighted by Crippen LogP contribution is -2.49. The molecule has 0 bridgehead atoms. The molecule has 1 unspecified atom stereocenters. The van der Waals surface area contributed by atoms with Crippen LogP contribution in [0.4, 0.5) is 0 Å². The largest absolute Gasteiger partial charge is 0.496 e. The molecule has 0 radical (unpaired) electrons. The summed E-state index contributed by atoms with van der Waals surface area (Å²) in [6.45, 7) is 3.95. The van der Waals surface area contributed by atoms with Gasteiger partial charge in [-0.2, -0.15) is 0 Å². The average molecular weight is 379 g/mol. The van der Waals surface area contributed by atoms with Gasteiger partial charge >= 0.3 is 0 Å². The quantitative estimate of drug-likeness (QED) is 0.773. The summed E-state index contributed by atoms with van der Waals surface area (Å²) in [5.41, 5.74) is 0.379. The van der Waals surface area contributed by atoms with Gasteiger partial charge in [-0.3, -0.25) is 9.59 Å². The first-order valence-corrected chi connectivity index (χ1v) is 8.60. The van der Waals surface area contributed by atoms with Crippen molar-refractivity contribution in [3.8, 4) is 5.75 Å². The summed E-state index contributed by atoms with van der Waals surface area (Å²) in [5, 5.41) is 6.06. The predicted octanol–water partition coefficient (Wildman–Crippen LogP) is 2.15. The minimum atomic E-state index is -0.692. The Kier molecular flexibility index (Phi) is 6.63. The van der Waals surface area contributed by atoms with E-state index in [1.165, 1.54) is 13.3 Å². The summed E-state index contributed by atoms with van der Waals surface area (Å²) in [6.07, 6.45) is 1.52. The number of para-hydroxylation sites is 1. The Morgan fingerprint density at radius 2 is 2.00 bits per heavy atom. The minimum absolute atomic E-state index is 0.0985. The van der Waals surface area contributed by atoms with Crippen LogP contribution < -0.4 is 15.4 Å². The van der Waals surface area contributed by atoms with Crippen LogP contribution in [-0.4, -0.2) is 34.5 Å². The number of imidazole rings is 1. The van der Waals surface area contributed by atoms with E-state index in [1.807, 2.05) is 13.8 Å². The van der Waals surface area contributed by atoms with Crippen molar-refractivity contribution in [2.24, 2.45) is 13.0 Å². The number of nitrogens with zero attached hydrogens (tertiary/aromatic N) is 2. The van der Waals surface area contributed by atoms with Crippen molar-refractivity contribution >= 4 is 23.4 Å². The van der Waals surface area contributed by atoms with Crippen LogP contribution in [-0.2, 0) is 18.4 Å². The second kappa shape index (κ2) is 8.71. The van der Waals surface area contributed by atoms with E-state index in [9.17, 15) is 9.59 Å². The highest BCUT2D eigenvalue weighted by Crippen LogP contribution is 2.17. The number of hydrogen-bond donors (Lipinski definition) is 2. The SMILES string of the molecule is COc1ccccc1C(=O)NC(C(=O)NCc1ncc(Cl)n1C)C(C)C. The fourth-order valence-corrected chi connectivity index (χ4v) is 2.60. The summed E-state index contributed by atoms with van der Waals surface area (Å²) >= 11 is 5.94. The maximum Gasteiger partial charge on any atom is 0.255 e. The molecule has 140 valence electrons. The number of halogens is 1. The zero-order valence-electron chi connectivity index (χ0n) is 15.2. The molecule has 1 atom stereocenters. The van der Waals surface area contributed by atoms with Gasteiger partial charge in [-0.1, -0.05) is 37.6 Å². The number of benzene rings is 1. The van der Waals surface area contributed by atoms with Gasteiger partial charge in [0.2, 0.25) is 5.91 Å². The van der Waals surface area contributed by atoms with Crippen LogP contribution in [0.3, 0.4) is 0 Å². The molecule has 1 heterocycles. The molecule has 7 nitrogen and oxygen atoms in total. The number of methoxy groups -OCH3 is 1. The minimum Gasteiger partial charge on any atom is -0.496 e. The van der Waals surface area contributed by atoms with Crippen LogP contribution in [0.15, 0.2) is 30.5 Å². The molecule has 0 aliphatic carbocycles. The fraction of sp³-hybridized carbons (Fsp3) is 0.389. The number of carbonyl (C=O) groups excluding carboxylic acids is 2. The Bertz CT molecular complexity index is 788. The van der Waals surface area contributed by atoms with Crippen molar-refractivity contribution in [1.29, 1.82) is 0 Å². The van der Waals surface area contributed by atoms with Gasteiger partial charge in [0.25, 0.3) is 5.91 Å². The Labute approximate surface area is 157 Å². The molecule has 1 aromatic carbocycles. The van der Waals surface area contributed by atoms with Crippen LogP contribution >= 0.6 is 11.6 Å². The summed E-state index contributed by atoms with van der Waals surface area (Å²) in [6, 6.07) is 6.18. The van der Waals surface area contributed by atoms with Gasteiger partial charge in [0.1, 0.15) is 22.8 Å². The topological polar surface area (TPSA) is 85.2 Å². The third kappa shape index (κ3) is 4.54. The molecule has 0 saturated heterocycles. The lowest BCUT2D eigenvalue weighted by atomic mass is 10.0. The number of rotatable bonds is 7. The molecule has 2 amide bonds. The lowest BCUT2D eigenvalue weighted by molar-refractivity contribution is -0.124. The molecule has 8 heteroatoms. The molecule has 2 rings (SSSR count). The van der Waals surface area contributed by atoms with Crippen molar-refractivity contribution in [3.63, 3.8) is 0 Å². The van der Waals surface area contributed by atoms with Gasteiger partial charge in [0.15, 0.2) is 0 Å². The van der Waals surface area contributed by atoms with Crippen molar-refractivity contribution in [2.45, 2.75) is 26.4 Å². The summed E-state index contributed by atoms with van der Waals surface area (Å²) in [5.74, 6) is 0.329. The fourth-order valence-electron chi connectivity index (χ4n) is 2.45. The van der Waals surface area contributed by atoms with Crippen LogP contribution in [0.5, 0.6) is 5.75 Å². The second-order valence-corrected chi connectivity index (χ2v) is 6.56. The molecule has 2 aromatic rings. The maximum atomic E-state index is 12.6. The van der Waals surface area contributed by atoms with Gasteiger partial charge in [-0.25, -0.2) is 4.98 Å². The first kappa shape index (κ1) is 19.8. The summed E-state index contributed by atoms with van der Waals surface area (Å²) < 4.78 is 6.89. The first-order chi connectivity index (χ1) is 12.3. The van der Waals surface area contributed by atoms with E-state index in [0.717, 1.165) is 0 Å². The molecule has 0 fully saturated rings. The van der Waals surface area contributed by atoms with Crippen molar-refractivity contribution in [3.05, 3.63) is 47.0 Å². The van der Waals surface area contributed by atoms with E-state index in [-0.39, 0.29) is 24.3 Å². The van der Waals surface area contributed by atoms with E-state index in [2.05, 4.69) is 15.6 Å². The number of ether oxygens (including phenoxy) is 1. The number of carbonyl (C=O) groups is 2. The molecule has 26 heavy (non-hydrogen) atoms. The highest BCUT2D eigenvalue weighted by Gasteiger charge is 2.26. The Hall–Kier alpha value is -2.54. The first-order valence-electron chi connectivity index (χ1n) is 8.22. The number of nitrogens with one attached hydrogen (secondary N) is 2. The molecule has 2 N–H and O–H groups in total. The molecule has 0 aliphatic rings. The zero-order valence-corrected chi connectivity index (χ0v) is 16.0. The third-order valence-electron chi connectivity index (χ3n) is 4.04. The molecule has 0 saturated carbocycles. The monoisotopic (exact) mass is 378 g/mol. The van der Waals surface area contributed by atoms with E-state index in [4.69, 9.17) is 16.3 Å². The highest BCUT2D eigenvalue weighted by molar-refractivity contribution is 6.29. The molecule has 0 aliphatic heterocycles. The molecular formula is C18H23ClN4O3. The van der Waals surface area contributed by atoms with E-state index in [0.29, 0.717) is 22.3 Å².